The Bertz CT molecular complexity index is 1150. The first-order valence-electron chi connectivity index (χ1n) is 8.94. The number of non-ortho nitro benzene ring substituents is 1. The molecule has 2 heterocycles. The Morgan fingerprint density at radius 1 is 1.24 bits per heavy atom. The van der Waals surface area contributed by atoms with E-state index in [9.17, 15) is 19.3 Å². The number of nitrogens with zero attached hydrogens (tertiary/aromatic N) is 3. The Kier molecular flexibility index (Phi) is 5.12. The van der Waals surface area contributed by atoms with Gasteiger partial charge in [-0.15, -0.1) is 0 Å². The number of rotatable bonds is 4. The molecule has 0 spiro atoms. The highest BCUT2D eigenvalue weighted by atomic mass is 35.5. The molecule has 3 aromatic rings. The van der Waals surface area contributed by atoms with E-state index in [0.717, 1.165) is 17.7 Å². The number of hydrogen-bond donors (Lipinski definition) is 1. The summed E-state index contributed by atoms with van der Waals surface area (Å²) in [4.78, 5) is 32.3. The maximum atomic E-state index is 14.1. The van der Waals surface area contributed by atoms with Crippen molar-refractivity contribution in [2.45, 2.75) is 19.5 Å². The molecule has 7 nitrogen and oxygen atoms in total. The van der Waals surface area contributed by atoms with E-state index in [-0.39, 0.29) is 23.4 Å². The van der Waals surface area contributed by atoms with Crippen LogP contribution in [0.15, 0.2) is 47.3 Å². The van der Waals surface area contributed by atoms with Gasteiger partial charge in [0, 0.05) is 54.3 Å². The van der Waals surface area contributed by atoms with Crippen molar-refractivity contribution in [3.63, 3.8) is 0 Å². The second kappa shape index (κ2) is 7.73. The lowest BCUT2D eigenvalue weighted by atomic mass is 10.0. The van der Waals surface area contributed by atoms with Gasteiger partial charge < -0.3 is 4.98 Å². The molecule has 0 atom stereocenters. The Hall–Kier alpha value is -3.10. The van der Waals surface area contributed by atoms with Crippen LogP contribution < -0.4 is 5.56 Å². The Balaban J connectivity index is 1.58. The van der Waals surface area contributed by atoms with Crippen LogP contribution >= 0.6 is 11.6 Å². The number of benzene rings is 2. The molecule has 1 aliphatic heterocycles. The molecule has 0 saturated heterocycles. The van der Waals surface area contributed by atoms with Crippen molar-refractivity contribution in [3.05, 3.63) is 90.6 Å². The second-order valence-corrected chi connectivity index (χ2v) is 7.28. The molecule has 0 radical (unpaired) electrons. The minimum atomic E-state index is -0.554. The van der Waals surface area contributed by atoms with Gasteiger partial charge in [0.05, 0.1) is 16.2 Å². The van der Waals surface area contributed by atoms with Crippen LogP contribution in [0.3, 0.4) is 0 Å². The van der Waals surface area contributed by atoms with Crippen LogP contribution in [0.25, 0.3) is 11.4 Å². The summed E-state index contributed by atoms with van der Waals surface area (Å²) in [6.07, 6.45) is 0.524. The SMILES string of the molecule is O=c1[nH]c(-c2ccc(Cl)cc2)nc2c1CN(Cc1cc([N+](=O)[O-])ccc1F)CC2. The minimum Gasteiger partial charge on any atom is -0.306 e. The van der Waals surface area contributed by atoms with Gasteiger partial charge >= 0.3 is 0 Å². The van der Waals surface area contributed by atoms with E-state index in [1.54, 1.807) is 24.3 Å². The van der Waals surface area contributed by atoms with E-state index in [2.05, 4.69) is 9.97 Å². The summed E-state index contributed by atoms with van der Waals surface area (Å²) in [6.45, 7) is 1.03. The van der Waals surface area contributed by atoms with E-state index in [4.69, 9.17) is 11.6 Å². The van der Waals surface area contributed by atoms with Gasteiger partial charge in [-0.1, -0.05) is 11.6 Å². The average Bonchev–Trinajstić information content (AvgIpc) is 2.70. The molecule has 148 valence electrons. The van der Waals surface area contributed by atoms with E-state index in [1.165, 1.54) is 6.07 Å². The van der Waals surface area contributed by atoms with Crippen molar-refractivity contribution in [2.75, 3.05) is 6.54 Å². The van der Waals surface area contributed by atoms with Crippen LogP contribution in [0, 0.1) is 15.9 Å². The lowest BCUT2D eigenvalue weighted by Crippen LogP contribution is -2.35. The molecule has 9 heteroatoms. The molecule has 4 rings (SSSR count). The maximum Gasteiger partial charge on any atom is 0.269 e. The molecule has 0 aliphatic carbocycles. The van der Waals surface area contributed by atoms with Crippen molar-refractivity contribution in [1.29, 1.82) is 0 Å². The molecule has 0 saturated carbocycles. The zero-order valence-corrected chi connectivity index (χ0v) is 15.9. The van der Waals surface area contributed by atoms with E-state index < -0.39 is 10.7 Å². The third-order valence-electron chi connectivity index (χ3n) is 4.90. The molecule has 0 amide bonds. The van der Waals surface area contributed by atoms with Gasteiger partial charge in [-0.05, 0) is 30.3 Å². The molecule has 29 heavy (non-hydrogen) atoms. The van der Waals surface area contributed by atoms with Gasteiger partial charge in [0.25, 0.3) is 11.2 Å². The fraction of sp³-hybridized carbons (Fsp3) is 0.200. The van der Waals surface area contributed by atoms with E-state index in [1.807, 2.05) is 4.90 Å². The summed E-state index contributed by atoms with van der Waals surface area (Å²) in [7, 11) is 0. The maximum absolute atomic E-state index is 14.1. The number of fused-ring (bicyclic) bond motifs is 1. The van der Waals surface area contributed by atoms with Crippen molar-refractivity contribution >= 4 is 17.3 Å². The Morgan fingerprint density at radius 3 is 2.72 bits per heavy atom. The fourth-order valence-electron chi connectivity index (χ4n) is 3.40. The number of aromatic nitrogens is 2. The number of nitro benzene ring substituents is 1. The third-order valence-corrected chi connectivity index (χ3v) is 5.15. The van der Waals surface area contributed by atoms with Crippen LogP contribution in [-0.4, -0.2) is 26.3 Å². The van der Waals surface area contributed by atoms with Gasteiger partial charge in [-0.25, -0.2) is 9.37 Å². The summed E-state index contributed by atoms with van der Waals surface area (Å²) in [5.74, 6) is -0.0323. The van der Waals surface area contributed by atoms with Crippen LogP contribution in [0.2, 0.25) is 5.02 Å². The summed E-state index contributed by atoms with van der Waals surface area (Å²) in [5, 5.41) is 11.5. The number of hydrogen-bond acceptors (Lipinski definition) is 5. The topological polar surface area (TPSA) is 92.1 Å². The number of nitrogens with one attached hydrogen (secondary N) is 1. The molecule has 0 bridgehead atoms. The molecular weight excluding hydrogens is 399 g/mol. The smallest absolute Gasteiger partial charge is 0.269 e. The first-order chi connectivity index (χ1) is 13.9. The van der Waals surface area contributed by atoms with Gasteiger partial charge in [0.15, 0.2) is 0 Å². The molecule has 1 aliphatic rings. The van der Waals surface area contributed by atoms with Crippen molar-refractivity contribution in [1.82, 2.24) is 14.9 Å². The zero-order chi connectivity index (χ0) is 20.5. The van der Waals surface area contributed by atoms with Gasteiger partial charge in [0.1, 0.15) is 11.6 Å². The van der Waals surface area contributed by atoms with Gasteiger partial charge in [0.2, 0.25) is 0 Å². The molecule has 0 fully saturated rings. The largest absolute Gasteiger partial charge is 0.306 e. The van der Waals surface area contributed by atoms with Crippen LogP contribution in [0.1, 0.15) is 16.8 Å². The zero-order valence-electron chi connectivity index (χ0n) is 15.2. The van der Waals surface area contributed by atoms with Gasteiger partial charge in [-0.3, -0.25) is 19.8 Å². The van der Waals surface area contributed by atoms with E-state index >= 15 is 0 Å². The van der Waals surface area contributed by atoms with Gasteiger partial charge in [-0.2, -0.15) is 0 Å². The highest BCUT2D eigenvalue weighted by Crippen LogP contribution is 2.23. The van der Waals surface area contributed by atoms with E-state index in [0.29, 0.717) is 41.6 Å². The summed E-state index contributed by atoms with van der Waals surface area (Å²) < 4.78 is 14.1. The molecule has 1 aromatic heterocycles. The van der Waals surface area contributed by atoms with Crippen molar-refractivity contribution in [2.24, 2.45) is 0 Å². The monoisotopic (exact) mass is 414 g/mol. The summed E-state index contributed by atoms with van der Waals surface area (Å²) in [6, 6.07) is 10.5. The number of nitro groups is 1. The first kappa shape index (κ1) is 19.2. The summed E-state index contributed by atoms with van der Waals surface area (Å²) >= 11 is 5.90. The average molecular weight is 415 g/mol. The number of halogens is 2. The predicted octanol–water partition coefficient (Wildman–Crippen LogP) is 3.70. The Labute approximate surface area is 169 Å². The lowest BCUT2D eigenvalue weighted by Gasteiger charge is -2.27. The second-order valence-electron chi connectivity index (χ2n) is 6.84. The number of aromatic amines is 1. The Morgan fingerprint density at radius 2 is 2.00 bits per heavy atom. The molecule has 2 aromatic carbocycles. The normalized spacial score (nSPS) is 13.9. The standard InChI is InChI=1S/C20H16ClFN4O3/c21-14-3-1-12(2-4-14)19-23-18-7-8-25(11-16(18)20(27)24-19)10-13-9-15(26(28)29)5-6-17(13)22/h1-6,9H,7-8,10-11H2,(H,23,24,27). The summed E-state index contributed by atoms with van der Waals surface area (Å²) in [5.41, 5.74) is 1.81. The number of H-pyrrole nitrogens is 1. The highest BCUT2D eigenvalue weighted by molar-refractivity contribution is 6.30. The van der Waals surface area contributed by atoms with Crippen molar-refractivity contribution in [3.8, 4) is 11.4 Å². The molecular formula is C20H16ClFN4O3. The third kappa shape index (κ3) is 4.03. The minimum absolute atomic E-state index is 0.161. The molecule has 1 N–H and O–H groups in total. The van der Waals surface area contributed by atoms with Crippen LogP contribution in [0.4, 0.5) is 10.1 Å². The lowest BCUT2D eigenvalue weighted by molar-refractivity contribution is -0.385. The quantitative estimate of drug-likeness (QED) is 0.519. The molecule has 0 unspecified atom stereocenters. The van der Waals surface area contributed by atoms with Crippen LogP contribution in [0.5, 0.6) is 0 Å². The first-order valence-corrected chi connectivity index (χ1v) is 9.31. The van der Waals surface area contributed by atoms with Crippen LogP contribution in [-0.2, 0) is 19.5 Å². The predicted molar refractivity (Wildman–Crippen MR) is 106 cm³/mol. The highest BCUT2D eigenvalue weighted by Gasteiger charge is 2.23. The van der Waals surface area contributed by atoms with Crippen molar-refractivity contribution < 1.29 is 9.31 Å². The fourth-order valence-corrected chi connectivity index (χ4v) is 3.52.